The second-order valence-electron chi connectivity index (χ2n) is 5.63. The van der Waals surface area contributed by atoms with Gasteiger partial charge in [0.1, 0.15) is 6.04 Å². The van der Waals surface area contributed by atoms with Gasteiger partial charge in [0.15, 0.2) is 11.6 Å². The van der Waals surface area contributed by atoms with Crippen LogP contribution in [0.1, 0.15) is 5.56 Å². The summed E-state index contributed by atoms with van der Waals surface area (Å²) < 4.78 is 23.5. The summed E-state index contributed by atoms with van der Waals surface area (Å²) in [7, 11) is 2.97. The lowest BCUT2D eigenvalue weighted by molar-refractivity contribution is -0.135. The number of nitrogens with zero attached hydrogens (tertiary/aromatic N) is 2. The molecule has 1 aromatic carbocycles. The number of nitrogens with two attached hydrogens (primary N) is 1. The molecule has 1 atom stereocenters. The molecule has 1 aliphatic rings. The molecule has 6 nitrogen and oxygen atoms in total. The van der Waals surface area contributed by atoms with Crippen LogP contribution >= 0.6 is 0 Å². The van der Waals surface area contributed by atoms with Gasteiger partial charge in [-0.15, -0.1) is 0 Å². The lowest BCUT2D eigenvalue weighted by atomic mass is 10.1. The molecule has 23 heavy (non-hydrogen) atoms. The fourth-order valence-corrected chi connectivity index (χ4v) is 2.68. The van der Waals surface area contributed by atoms with Crippen LogP contribution < -0.4 is 10.5 Å². The number of carbonyl (C=O) groups is 1. The van der Waals surface area contributed by atoms with E-state index in [4.69, 9.17) is 15.2 Å². The molecule has 2 N–H and O–H groups in total. The molecule has 2 rings (SSSR count). The highest BCUT2D eigenvalue weighted by molar-refractivity contribution is 5.81. The molecule has 0 radical (unpaired) electrons. The third kappa shape index (κ3) is 4.63. The number of rotatable bonds is 6. The molecule has 7 heteroatoms. The van der Waals surface area contributed by atoms with Gasteiger partial charge in [-0.05, 0) is 17.7 Å². The molecule has 1 heterocycles. The number of piperazine rings is 1. The smallest absolute Gasteiger partial charge is 0.241 e. The molecule has 0 aliphatic carbocycles. The third-order valence-electron chi connectivity index (χ3n) is 3.97. The summed E-state index contributed by atoms with van der Waals surface area (Å²) in [5.74, 6) is -0.192. The van der Waals surface area contributed by atoms with E-state index in [9.17, 15) is 9.18 Å². The van der Waals surface area contributed by atoms with Gasteiger partial charge in [0.25, 0.3) is 0 Å². The van der Waals surface area contributed by atoms with E-state index < -0.39 is 6.04 Å². The predicted molar refractivity (Wildman–Crippen MR) is 84.7 cm³/mol. The maximum absolute atomic E-state index is 13.7. The van der Waals surface area contributed by atoms with Crippen molar-refractivity contribution < 1.29 is 18.7 Å². The normalized spacial score (nSPS) is 17.1. The Kier molecular flexibility index (Phi) is 6.32. The molecule has 1 aliphatic heterocycles. The van der Waals surface area contributed by atoms with Crippen molar-refractivity contribution in [2.45, 2.75) is 12.6 Å². The lowest BCUT2D eigenvalue weighted by Crippen LogP contribution is -2.53. The van der Waals surface area contributed by atoms with Crippen LogP contribution in [0.4, 0.5) is 4.39 Å². The summed E-state index contributed by atoms with van der Waals surface area (Å²) in [6.45, 7) is 3.58. The molecule has 1 unspecified atom stereocenters. The zero-order chi connectivity index (χ0) is 16.8. The Balaban J connectivity index is 1.85. The predicted octanol–water partition coefficient (Wildman–Crippen LogP) is 0.452. The molecule has 1 saturated heterocycles. The summed E-state index contributed by atoms with van der Waals surface area (Å²) >= 11 is 0. The molecule has 0 saturated carbocycles. The summed E-state index contributed by atoms with van der Waals surface area (Å²) in [4.78, 5) is 16.1. The number of amides is 1. The Hall–Kier alpha value is -1.70. The second-order valence-corrected chi connectivity index (χ2v) is 5.63. The number of benzene rings is 1. The maximum atomic E-state index is 13.7. The molecule has 128 valence electrons. The highest BCUT2D eigenvalue weighted by Crippen LogP contribution is 2.19. The van der Waals surface area contributed by atoms with E-state index >= 15 is 0 Å². The van der Waals surface area contributed by atoms with Crippen LogP contribution in [0.2, 0.25) is 0 Å². The average molecular weight is 325 g/mol. The molecule has 1 aromatic rings. The Labute approximate surface area is 135 Å². The fraction of sp³-hybridized carbons (Fsp3) is 0.562. The monoisotopic (exact) mass is 325 g/mol. The Morgan fingerprint density at radius 3 is 2.57 bits per heavy atom. The number of methoxy groups -OCH3 is 2. The van der Waals surface area contributed by atoms with Crippen molar-refractivity contribution in [3.8, 4) is 5.75 Å². The molecule has 0 spiro atoms. The highest BCUT2D eigenvalue weighted by Gasteiger charge is 2.25. The van der Waals surface area contributed by atoms with Gasteiger partial charge in [-0.25, -0.2) is 4.39 Å². The third-order valence-corrected chi connectivity index (χ3v) is 3.97. The molecule has 1 amide bonds. The molecular weight excluding hydrogens is 301 g/mol. The topological polar surface area (TPSA) is 68.0 Å². The molecule has 0 aromatic heterocycles. The van der Waals surface area contributed by atoms with Crippen LogP contribution in [0.3, 0.4) is 0 Å². The van der Waals surface area contributed by atoms with Gasteiger partial charge >= 0.3 is 0 Å². The first-order chi connectivity index (χ1) is 11.0. The van der Waals surface area contributed by atoms with Gasteiger partial charge in [0.05, 0.1) is 13.7 Å². The van der Waals surface area contributed by atoms with Crippen LogP contribution in [-0.2, 0) is 16.1 Å². The van der Waals surface area contributed by atoms with Crippen molar-refractivity contribution in [3.05, 3.63) is 29.6 Å². The van der Waals surface area contributed by atoms with Crippen LogP contribution in [0.15, 0.2) is 18.2 Å². The summed E-state index contributed by atoms with van der Waals surface area (Å²) in [5, 5.41) is 0. The van der Waals surface area contributed by atoms with Gasteiger partial charge < -0.3 is 20.1 Å². The van der Waals surface area contributed by atoms with E-state index in [1.165, 1.54) is 20.3 Å². The maximum Gasteiger partial charge on any atom is 0.241 e. The number of carbonyl (C=O) groups excluding carboxylic acids is 1. The fourth-order valence-electron chi connectivity index (χ4n) is 2.68. The first-order valence-electron chi connectivity index (χ1n) is 7.63. The zero-order valence-electron chi connectivity index (χ0n) is 13.6. The number of hydrogen-bond acceptors (Lipinski definition) is 5. The Morgan fingerprint density at radius 2 is 2.00 bits per heavy atom. The summed E-state index contributed by atoms with van der Waals surface area (Å²) in [5.41, 5.74) is 6.67. The van der Waals surface area contributed by atoms with Crippen LogP contribution in [-0.4, -0.2) is 68.8 Å². The second kappa shape index (κ2) is 8.24. The van der Waals surface area contributed by atoms with Crippen molar-refractivity contribution in [2.75, 3.05) is 47.0 Å². The molecule has 1 fully saturated rings. The van der Waals surface area contributed by atoms with E-state index in [2.05, 4.69) is 4.90 Å². The summed E-state index contributed by atoms with van der Waals surface area (Å²) in [6, 6.07) is 4.37. The van der Waals surface area contributed by atoms with E-state index in [-0.39, 0.29) is 24.1 Å². The first-order valence-corrected chi connectivity index (χ1v) is 7.63. The SMILES string of the molecule is COCC(N)C(=O)N1CCN(Cc2ccc(OC)c(F)c2)CC1. The number of hydrogen-bond donors (Lipinski definition) is 1. The standard InChI is InChI=1S/C16H24FN3O3/c1-22-11-14(18)16(21)20-7-5-19(6-8-20)10-12-3-4-15(23-2)13(17)9-12/h3-4,9,14H,5-8,10-11,18H2,1-2H3. The minimum Gasteiger partial charge on any atom is -0.494 e. The van der Waals surface area contributed by atoms with Gasteiger partial charge in [0.2, 0.25) is 5.91 Å². The largest absolute Gasteiger partial charge is 0.494 e. The summed E-state index contributed by atoms with van der Waals surface area (Å²) in [6.07, 6.45) is 0. The van der Waals surface area contributed by atoms with Crippen LogP contribution in [0.5, 0.6) is 5.75 Å². The number of halogens is 1. The Morgan fingerprint density at radius 1 is 1.30 bits per heavy atom. The van der Waals surface area contributed by atoms with E-state index in [0.717, 1.165) is 18.7 Å². The van der Waals surface area contributed by atoms with Crippen LogP contribution in [0, 0.1) is 5.82 Å². The average Bonchev–Trinajstić information content (AvgIpc) is 2.55. The van der Waals surface area contributed by atoms with Crippen LogP contribution in [0.25, 0.3) is 0 Å². The van der Waals surface area contributed by atoms with Crippen molar-refractivity contribution in [2.24, 2.45) is 5.73 Å². The Bertz CT molecular complexity index is 533. The van der Waals surface area contributed by atoms with Crippen molar-refractivity contribution in [1.82, 2.24) is 9.80 Å². The van der Waals surface area contributed by atoms with Gasteiger partial charge in [0, 0.05) is 39.8 Å². The van der Waals surface area contributed by atoms with Crippen molar-refractivity contribution in [1.29, 1.82) is 0 Å². The van der Waals surface area contributed by atoms with E-state index in [1.807, 2.05) is 6.07 Å². The van der Waals surface area contributed by atoms with Gasteiger partial charge in [-0.3, -0.25) is 9.69 Å². The zero-order valence-corrected chi connectivity index (χ0v) is 13.6. The van der Waals surface area contributed by atoms with E-state index in [0.29, 0.717) is 19.6 Å². The minimum atomic E-state index is -0.609. The first kappa shape index (κ1) is 17.7. The van der Waals surface area contributed by atoms with Gasteiger partial charge in [-0.2, -0.15) is 0 Å². The minimum absolute atomic E-state index is 0.0815. The lowest BCUT2D eigenvalue weighted by Gasteiger charge is -2.35. The van der Waals surface area contributed by atoms with E-state index in [1.54, 1.807) is 11.0 Å². The number of ether oxygens (including phenoxy) is 2. The molecular formula is C16H24FN3O3. The van der Waals surface area contributed by atoms with Gasteiger partial charge in [-0.1, -0.05) is 6.07 Å². The quantitative estimate of drug-likeness (QED) is 0.823. The highest BCUT2D eigenvalue weighted by atomic mass is 19.1. The van der Waals surface area contributed by atoms with Crippen molar-refractivity contribution >= 4 is 5.91 Å². The van der Waals surface area contributed by atoms with Crippen molar-refractivity contribution in [3.63, 3.8) is 0 Å². The molecule has 0 bridgehead atoms.